The molecule has 6 aromatic rings. The Hall–Kier alpha value is -5.31. The van der Waals surface area contributed by atoms with Crippen LogP contribution in [0.25, 0.3) is 33.9 Å². The SMILES string of the molecule is Cn1cc(Cl)c(C[C@H](NC(=O)C=Cc2cc(Cl)ccc2-n2cnnn2)c2nc(-c3ccc4[nH]c(=O)cc(C(=O)O)c4c3)c(Cl)[nH]2)n1. The number of carboxylic acid groups (broad SMARTS) is 1. The number of rotatable bonds is 9. The van der Waals surface area contributed by atoms with E-state index < -0.39 is 23.5 Å². The maximum Gasteiger partial charge on any atom is 0.336 e. The Morgan fingerprint density at radius 2 is 1.93 bits per heavy atom. The van der Waals surface area contributed by atoms with Crippen molar-refractivity contribution in [2.75, 3.05) is 0 Å². The number of halogens is 3. The number of nitrogens with one attached hydrogen (secondary N) is 3. The highest BCUT2D eigenvalue weighted by molar-refractivity contribution is 6.32. The van der Waals surface area contributed by atoms with Gasteiger partial charge in [0.15, 0.2) is 0 Å². The van der Waals surface area contributed by atoms with Crippen molar-refractivity contribution in [1.29, 1.82) is 0 Å². The minimum absolute atomic E-state index is 0.141. The Morgan fingerprint density at radius 1 is 1.11 bits per heavy atom. The lowest BCUT2D eigenvalue weighted by Gasteiger charge is -2.15. The third-order valence-electron chi connectivity index (χ3n) is 6.92. The van der Waals surface area contributed by atoms with Gasteiger partial charge in [0.05, 0.1) is 28.0 Å². The van der Waals surface area contributed by atoms with Crippen molar-refractivity contribution in [1.82, 2.24) is 50.3 Å². The summed E-state index contributed by atoms with van der Waals surface area (Å²) in [7, 11) is 1.72. The zero-order valence-corrected chi connectivity index (χ0v) is 25.8. The molecule has 0 bridgehead atoms. The molecule has 17 heteroatoms. The monoisotopic (exact) mass is 678 g/mol. The molecule has 14 nitrogen and oxygen atoms in total. The van der Waals surface area contributed by atoms with E-state index in [-0.39, 0.29) is 17.1 Å². The van der Waals surface area contributed by atoms with Crippen molar-refractivity contribution < 1.29 is 14.7 Å². The van der Waals surface area contributed by atoms with Gasteiger partial charge in [0.2, 0.25) is 11.5 Å². The van der Waals surface area contributed by atoms with Crippen molar-refractivity contribution in [3.8, 4) is 16.9 Å². The number of hydrogen-bond donors (Lipinski definition) is 4. The van der Waals surface area contributed by atoms with Gasteiger partial charge in [-0.2, -0.15) is 9.78 Å². The first-order valence-electron chi connectivity index (χ1n) is 13.4. The van der Waals surface area contributed by atoms with Crippen LogP contribution >= 0.6 is 34.8 Å². The molecule has 0 saturated carbocycles. The molecule has 1 atom stereocenters. The van der Waals surface area contributed by atoms with Gasteiger partial charge in [0, 0.05) is 58.9 Å². The van der Waals surface area contributed by atoms with Crippen LogP contribution in [0.3, 0.4) is 0 Å². The molecule has 4 N–H and O–H groups in total. The average molecular weight is 680 g/mol. The second-order valence-electron chi connectivity index (χ2n) is 10.1. The number of amides is 1. The highest BCUT2D eigenvalue weighted by Crippen LogP contribution is 2.32. The lowest BCUT2D eigenvalue weighted by Crippen LogP contribution is -2.29. The molecule has 0 aliphatic heterocycles. The van der Waals surface area contributed by atoms with Gasteiger partial charge in [0.25, 0.3) is 0 Å². The summed E-state index contributed by atoms with van der Waals surface area (Å²) in [5.74, 6) is -1.44. The lowest BCUT2D eigenvalue weighted by molar-refractivity contribution is -0.117. The molecule has 0 aliphatic rings. The minimum Gasteiger partial charge on any atom is -0.478 e. The van der Waals surface area contributed by atoms with E-state index >= 15 is 0 Å². The normalized spacial score (nSPS) is 12.2. The van der Waals surface area contributed by atoms with E-state index in [4.69, 9.17) is 34.8 Å². The molecule has 4 heterocycles. The number of carboxylic acids is 1. The van der Waals surface area contributed by atoms with Gasteiger partial charge in [-0.3, -0.25) is 14.3 Å². The van der Waals surface area contributed by atoms with Gasteiger partial charge < -0.3 is 20.4 Å². The number of imidazole rings is 1. The Kier molecular flexibility index (Phi) is 8.41. The first-order chi connectivity index (χ1) is 22.0. The fraction of sp³-hybridized carbons (Fsp3) is 0.103. The van der Waals surface area contributed by atoms with Crippen molar-refractivity contribution in [3.63, 3.8) is 0 Å². The number of aryl methyl sites for hydroxylation is 1. The second kappa shape index (κ2) is 12.6. The predicted molar refractivity (Wildman–Crippen MR) is 170 cm³/mol. The highest BCUT2D eigenvalue weighted by Gasteiger charge is 2.24. The topological polar surface area (TPSA) is 189 Å². The van der Waals surface area contributed by atoms with Gasteiger partial charge in [-0.15, -0.1) is 5.10 Å². The van der Waals surface area contributed by atoms with E-state index in [9.17, 15) is 19.5 Å². The molecule has 1 amide bonds. The lowest BCUT2D eigenvalue weighted by atomic mass is 10.0. The smallest absolute Gasteiger partial charge is 0.336 e. The Morgan fingerprint density at radius 3 is 2.65 bits per heavy atom. The molecule has 0 spiro atoms. The number of nitrogens with zero attached hydrogens (tertiary/aromatic N) is 7. The molecule has 0 fully saturated rings. The van der Waals surface area contributed by atoms with Crippen LogP contribution in [0.4, 0.5) is 0 Å². The number of aromatic amines is 2. The quantitative estimate of drug-likeness (QED) is 0.161. The van der Waals surface area contributed by atoms with E-state index in [0.717, 1.165) is 6.07 Å². The van der Waals surface area contributed by atoms with E-state index in [2.05, 4.69) is 40.9 Å². The van der Waals surface area contributed by atoms with E-state index in [0.29, 0.717) is 55.0 Å². The van der Waals surface area contributed by atoms with Crippen molar-refractivity contribution >= 4 is 63.7 Å². The number of pyridine rings is 1. The van der Waals surface area contributed by atoms with Crippen LogP contribution in [0.15, 0.2) is 65.9 Å². The van der Waals surface area contributed by atoms with E-state index in [1.807, 2.05) is 0 Å². The number of aromatic carboxylic acids is 1. The summed E-state index contributed by atoms with van der Waals surface area (Å²) >= 11 is 19.2. The number of carbonyl (C=O) groups is 2. The summed E-state index contributed by atoms with van der Waals surface area (Å²) in [4.78, 5) is 47.4. The summed E-state index contributed by atoms with van der Waals surface area (Å²) in [5, 5.41) is 29.5. The number of hydrogen-bond acceptors (Lipinski definition) is 8. The minimum atomic E-state index is -1.26. The van der Waals surface area contributed by atoms with Crippen LogP contribution in [0.2, 0.25) is 15.2 Å². The maximum atomic E-state index is 13.3. The molecule has 2 aromatic carbocycles. The first-order valence-corrected chi connectivity index (χ1v) is 14.5. The molecule has 4 aromatic heterocycles. The van der Waals surface area contributed by atoms with Gasteiger partial charge >= 0.3 is 5.97 Å². The number of H-pyrrole nitrogens is 2. The van der Waals surface area contributed by atoms with Crippen LogP contribution in [-0.4, -0.2) is 61.9 Å². The standard InChI is InChI=1S/C29H21Cl3N10O4/c1-41-12-19(31)21(38-41)11-22(35-24(43)7-3-14-8-16(30)4-6-23(14)42-13-33-39-40-42)28-36-26(27(32)37-28)15-2-5-20-17(9-15)18(29(45)46)10-25(44)34-20/h2-10,12-13,22H,11H2,1H3,(H,34,44)(H,35,43)(H,36,37)(H,45,46)/t22-/m0/s1. The third kappa shape index (κ3) is 6.40. The van der Waals surface area contributed by atoms with E-state index in [1.165, 1.54) is 17.1 Å². The maximum absolute atomic E-state index is 13.3. The summed E-state index contributed by atoms with van der Waals surface area (Å²) in [6, 6.07) is 10.1. The molecule has 0 radical (unpaired) electrons. The zero-order chi connectivity index (χ0) is 32.5. The highest BCUT2D eigenvalue weighted by atomic mass is 35.5. The van der Waals surface area contributed by atoms with Gasteiger partial charge in [-0.1, -0.05) is 40.9 Å². The van der Waals surface area contributed by atoms with Gasteiger partial charge in [-0.25, -0.2) is 9.78 Å². The second-order valence-corrected chi connectivity index (χ2v) is 11.3. The Bertz CT molecular complexity index is 2200. The zero-order valence-electron chi connectivity index (χ0n) is 23.6. The first kappa shape index (κ1) is 30.7. The van der Waals surface area contributed by atoms with Crippen LogP contribution in [0, 0.1) is 0 Å². The van der Waals surface area contributed by atoms with Crippen LogP contribution in [0.1, 0.15) is 33.5 Å². The number of carbonyl (C=O) groups excluding carboxylic acids is 1. The van der Waals surface area contributed by atoms with Crippen molar-refractivity contribution in [2.24, 2.45) is 7.05 Å². The molecule has 0 saturated heterocycles. The van der Waals surface area contributed by atoms with Crippen molar-refractivity contribution in [3.05, 3.63) is 109 Å². The molecule has 46 heavy (non-hydrogen) atoms. The molecule has 6 rings (SSSR count). The summed E-state index contributed by atoms with van der Waals surface area (Å²) in [6.45, 7) is 0. The number of benzene rings is 2. The number of tetrazole rings is 1. The molecular weight excluding hydrogens is 659 g/mol. The Labute approximate surface area is 273 Å². The van der Waals surface area contributed by atoms with Crippen LogP contribution in [0.5, 0.6) is 0 Å². The fourth-order valence-corrected chi connectivity index (χ4v) is 5.57. The van der Waals surface area contributed by atoms with Crippen LogP contribution in [-0.2, 0) is 18.3 Å². The number of fused-ring (bicyclic) bond motifs is 1. The summed E-state index contributed by atoms with van der Waals surface area (Å²) < 4.78 is 2.99. The fourth-order valence-electron chi connectivity index (χ4n) is 4.88. The third-order valence-corrected chi connectivity index (χ3v) is 7.75. The van der Waals surface area contributed by atoms with Gasteiger partial charge in [-0.05, 0) is 46.8 Å². The molecular formula is C29H21Cl3N10O4. The van der Waals surface area contributed by atoms with Gasteiger partial charge in [0.1, 0.15) is 23.0 Å². The molecule has 0 aliphatic carbocycles. The predicted octanol–water partition coefficient (Wildman–Crippen LogP) is 4.40. The van der Waals surface area contributed by atoms with E-state index in [1.54, 1.807) is 60.4 Å². The van der Waals surface area contributed by atoms with Crippen LogP contribution < -0.4 is 10.9 Å². The Balaban J connectivity index is 1.34. The molecule has 0 unspecified atom stereocenters. The molecule has 232 valence electrons. The number of aromatic nitrogens is 9. The van der Waals surface area contributed by atoms with Crippen molar-refractivity contribution in [2.45, 2.75) is 12.5 Å². The largest absolute Gasteiger partial charge is 0.478 e. The summed E-state index contributed by atoms with van der Waals surface area (Å²) in [6.07, 6.45) is 6.11. The summed E-state index contributed by atoms with van der Waals surface area (Å²) in [5.41, 5.74) is 2.09. The average Bonchev–Trinajstić information content (AvgIpc) is 3.75.